The molecule has 4 heteroatoms. The molecule has 1 N–H and O–H groups in total. The van der Waals surface area contributed by atoms with Gasteiger partial charge in [0.25, 0.3) is 0 Å². The van der Waals surface area contributed by atoms with E-state index >= 15 is 0 Å². The number of ether oxygens (including phenoxy) is 3. The van der Waals surface area contributed by atoms with Crippen molar-refractivity contribution < 1.29 is 14.2 Å². The third kappa shape index (κ3) is 4.99. The van der Waals surface area contributed by atoms with Crippen LogP contribution in [0.5, 0.6) is 5.75 Å². The van der Waals surface area contributed by atoms with Crippen LogP contribution < -0.4 is 10.1 Å². The monoisotopic (exact) mass is 293 g/mol. The van der Waals surface area contributed by atoms with Crippen LogP contribution in [0.25, 0.3) is 0 Å². The van der Waals surface area contributed by atoms with Gasteiger partial charge in [-0.1, -0.05) is 18.2 Å². The van der Waals surface area contributed by atoms with Gasteiger partial charge in [0.15, 0.2) is 0 Å². The molecule has 1 aromatic rings. The van der Waals surface area contributed by atoms with Gasteiger partial charge < -0.3 is 19.5 Å². The molecule has 1 aliphatic heterocycles. The van der Waals surface area contributed by atoms with Crippen LogP contribution in [0.1, 0.15) is 31.4 Å². The van der Waals surface area contributed by atoms with Gasteiger partial charge in [0.05, 0.1) is 13.2 Å². The molecule has 0 saturated heterocycles. The van der Waals surface area contributed by atoms with E-state index in [9.17, 15) is 0 Å². The lowest BCUT2D eigenvalue weighted by molar-refractivity contribution is 0.0694. The van der Waals surface area contributed by atoms with Crippen LogP contribution in [0.3, 0.4) is 0 Å². The molecule has 0 saturated carbocycles. The van der Waals surface area contributed by atoms with Gasteiger partial charge in [-0.15, -0.1) is 0 Å². The Bertz CT molecular complexity index is 446. The predicted octanol–water partition coefficient (Wildman–Crippen LogP) is 2.54. The SMILES string of the molecule is COCCOCCCNCc1cccc2c1OC(C)(C)C2. The molecule has 1 aromatic carbocycles. The van der Waals surface area contributed by atoms with Gasteiger partial charge in [-0.2, -0.15) is 0 Å². The van der Waals surface area contributed by atoms with Crippen LogP contribution in [0.15, 0.2) is 18.2 Å². The third-order valence-electron chi connectivity index (χ3n) is 3.56. The van der Waals surface area contributed by atoms with Crippen molar-refractivity contribution in [1.82, 2.24) is 5.32 Å². The molecular weight excluding hydrogens is 266 g/mol. The average molecular weight is 293 g/mol. The van der Waals surface area contributed by atoms with Crippen molar-refractivity contribution in [3.63, 3.8) is 0 Å². The number of benzene rings is 1. The number of nitrogens with one attached hydrogen (secondary N) is 1. The second-order valence-corrected chi connectivity index (χ2v) is 6.08. The largest absolute Gasteiger partial charge is 0.487 e. The van der Waals surface area contributed by atoms with Gasteiger partial charge >= 0.3 is 0 Å². The van der Waals surface area contributed by atoms with Crippen molar-refractivity contribution in [2.75, 3.05) is 33.5 Å². The highest BCUT2D eigenvalue weighted by molar-refractivity contribution is 5.45. The van der Waals surface area contributed by atoms with Gasteiger partial charge in [0.2, 0.25) is 0 Å². The Balaban J connectivity index is 1.70. The topological polar surface area (TPSA) is 39.7 Å². The maximum Gasteiger partial charge on any atom is 0.127 e. The number of hydrogen-bond acceptors (Lipinski definition) is 4. The summed E-state index contributed by atoms with van der Waals surface area (Å²) in [5, 5.41) is 3.46. The van der Waals surface area contributed by atoms with Crippen molar-refractivity contribution in [3.8, 4) is 5.75 Å². The minimum absolute atomic E-state index is 0.0758. The summed E-state index contributed by atoms with van der Waals surface area (Å²) < 4.78 is 16.4. The molecule has 4 nitrogen and oxygen atoms in total. The van der Waals surface area contributed by atoms with Crippen LogP contribution >= 0.6 is 0 Å². The van der Waals surface area contributed by atoms with E-state index in [-0.39, 0.29) is 5.60 Å². The zero-order valence-corrected chi connectivity index (χ0v) is 13.4. The lowest BCUT2D eigenvalue weighted by Gasteiger charge is -2.18. The minimum atomic E-state index is -0.0758. The van der Waals surface area contributed by atoms with Gasteiger partial charge in [-0.3, -0.25) is 0 Å². The lowest BCUT2D eigenvalue weighted by atomic mass is 10.0. The maximum absolute atomic E-state index is 6.07. The lowest BCUT2D eigenvalue weighted by Crippen LogP contribution is -2.25. The number of hydrogen-bond donors (Lipinski definition) is 1. The minimum Gasteiger partial charge on any atom is -0.487 e. The first kappa shape index (κ1) is 16.3. The molecule has 0 radical (unpaired) electrons. The van der Waals surface area contributed by atoms with Crippen molar-refractivity contribution in [3.05, 3.63) is 29.3 Å². The number of para-hydroxylation sites is 1. The van der Waals surface area contributed by atoms with Crippen molar-refractivity contribution >= 4 is 0 Å². The first-order valence-electron chi connectivity index (χ1n) is 7.69. The van der Waals surface area contributed by atoms with Gasteiger partial charge in [-0.25, -0.2) is 0 Å². The van der Waals surface area contributed by atoms with E-state index in [0.717, 1.165) is 38.3 Å². The summed E-state index contributed by atoms with van der Waals surface area (Å²) in [7, 11) is 1.69. The van der Waals surface area contributed by atoms with E-state index in [0.29, 0.717) is 13.2 Å². The Morgan fingerprint density at radius 2 is 2.10 bits per heavy atom. The maximum atomic E-state index is 6.07. The molecule has 0 fully saturated rings. The molecule has 2 rings (SSSR count). The second-order valence-electron chi connectivity index (χ2n) is 6.08. The predicted molar refractivity (Wildman–Crippen MR) is 83.9 cm³/mol. The van der Waals surface area contributed by atoms with Gasteiger partial charge in [0, 0.05) is 32.2 Å². The molecule has 0 spiro atoms. The fourth-order valence-corrected chi connectivity index (χ4v) is 2.59. The van der Waals surface area contributed by atoms with E-state index < -0.39 is 0 Å². The van der Waals surface area contributed by atoms with Gasteiger partial charge in [-0.05, 0) is 32.4 Å². The molecule has 0 aromatic heterocycles. The summed E-state index contributed by atoms with van der Waals surface area (Å²) in [5.41, 5.74) is 2.49. The molecule has 118 valence electrons. The normalized spacial score (nSPS) is 15.8. The van der Waals surface area contributed by atoms with E-state index in [2.05, 4.69) is 37.4 Å². The highest BCUT2D eigenvalue weighted by Crippen LogP contribution is 2.37. The Hall–Kier alpha value is -1.10. The van der Waals surface area contributed by atoms with E-state index in [1.165, 1.54) is 11.1 Å². The Morgan fingerprint density at radius 1 is 1.24 bits per heavy atom. The standard InChI is InChI=1S/C17H27NO3/c1-17(2)12-14-6-4-7-15(16(14)21-17)13-18-8-5-9-20-11-10-19-3/h4,6-7,18H,5,8-13H2,1-3H3. The molecule has 1 aliphatic rings. The van der Waals surface area contributed by atoms with Gasteiger partial charge in [0.1, 0.15) is 11.4 Å². The summed E-state index contributed by atoms with van der Waals surface area (Å²) in [6.07, 6.45) is 1.99. The smallest absolute Gasteiger partial charge is 0.127 e. The summed E-state index contributed by atoms with van der Waals surface area (Å²) >= 11 is 0. The first-order chi connectivity index (χ1) is 10.1. The molecule has 0 aliphatic carbocycles. The molecule has 0 atom stereocenters. The Morgan fingerprint density at radius 3 is 2.90 bits per heavy atom. The van der Waals surface area contributed by atoms with Crippen molar-refractivity contribution in [2.24, 2.45) is 0 Å². The Kier molecular flexibility index (Phi) is 6.03. The summed E-state index contributed by atoms with van der Waals surface area (Å²) in [6.45, 7) is 8.18. The van der Waals surface area contributed by atoms with Crippen LogP contribution in [0.2, 0.25) is 0 Å². The zero-order chi connectivity index (χ0) is 15.1. The Labute approximate surface area is 127 Å². The number of methoxy groups -OCH3 is 1. The fourth-order valence-electron chi connectivity index (χ4n) is 2.59. The third-order valence-corrected chi connectivity index (χ3v) is 3.56. The van der Waals surface area contributed by atoms with Crippen LogP contribution in [0, 0.1) is 0 Å². The summed E-state index contributed by atoms with van der Waals surface area (Å²) in [6, 6.07) is 6.42. The molecule has 0 amide bonds. The first-order valence-corrected chi connectivity index (χ1v) is 7.69. The molecular formula is C17H27NO3. The fraction of sp³-hybridized carbons (Fsp3) is 0.647. The summed E-state index contributed by atoms with van der Waals surface area (Å²) in [5.74, 6) is 1.08. The highest BCUT2D eigenvalue weighted by atomic mass is 16.5. The summed E-state index contributed by atoms with van der Waals surface area (Å²) in [4.78, 5) is 0. The van der Waals surface area contributed by atoms with E-state index in [1.807, 2.05) is 0 Å². The molecule has 21 heavy (non-hydrogen) atoms. The quantitative estimate of drug-likeness (QED) is 0.710. The molecule has 0 bridgehead atoms. The van der Waals surface area contributed by atoms with Crippen molar-refractivity contribution in [1.29, 1.82) is 0 Å². The van der Waals surface area contributed by atoms with Crippen LogP contribution in [-0.4, -0.2) is 39.1 Å². The average Bonchev–Trinajstić information content (AvgIpc) is 2.76. The zero-order valence-electron chi connectivity index (χ0n) is 13.4. The second kappa shape index (κ2) is 7.78. The number of fused-ring (bicyclic) bond motifs is 1. The molecule has 0 unspecified atom stereocenters. The number of rotatable bonds is 9. The van der Waals surface area contributed by atoms with E-state index in [4.69, 9.17) is 14.2 Å². The van der Waals surface area contributed by atoms with Crippen LogP contribution in [0.4, 0.5) is 0 Å². The van der Waals surface area contributed by atoms with E-state index in [1.54, 1.807) is 7.11 Å². The van der Waals surface area contributed by atoms with Crippen molar-refractivity contribution in [2.45, 2.75) is 38.8 Å². The highest BCUT2D eigenvalue weighted by Gasteiger charge is 2.31. The molecule has 1 heterocycles. The van der Waals surface area contributed by atoms with Crippen LogP contribution in [-0.2, 0) is 22.4 Å².